The summed E-state index contributed by atoms with van der Waals surface area (Å²) in [6, 6.07) is 0. The van der Waals surface area contributed by atoms with Gasteiger partial charge < -0.3 is 4.70 Å². The van der Waals surface area contributed by atoms with Crippen molar-refractivity contribution in [2.75, 3.05) is 6.54 Å². The zero-order chi connectivity index (χ0) is 8.81. The minimum atomic E-state index is 0. The van der Waals surface area contributed by atoms with Crippen LogP contribution in [0, 0.1) is 0 Å². The number of allylic oxidation sites excluding steroid dienone is 2. The molecule has 0 saturated heterocycles. The first-order chi connectivity index (χ1) is 5.86. The lowest BCUT2D eigenvalue weighted by atomic mass is 10.2. The normalized spacial score (nSPS) is 19.8. The van der Waals surface area contributed by atoms with E-state index in [1.165, 1.54) is 42.7 Å². The second-order valence-corrected chi connectivity index (χ2v) is 3.48. The van der Waals surface area contributed by atoms with E-state index in [2.05, 4.69) is 32.3 Å². The predicted octanol–water partition coefficient (Wildman–Crippen LogP) is -1.11. The van der Waals surface area contributed by atoms with Gasteiger partial charge in [0.25, 0.3) is 0 Å². The van der Waals surface area contributed by atoms with E-state index in [-0.39, 0.29) is 4.70 Å². The Hall–Kier alpha value is -0.630. The fourth-order valence-electron chi connectivity index (χ4n) is 1.53. The van der Waals surface area contributed by atoms with Crippen LogP contribution in [0.1, 0.15) is 39.5 Å². The Kier molecular flexibility index (Phi) is 6.51. The van der Waals surface area contributed by atoms with Crippen LogP contribution < -0.4 is 9.60 Å². The van der Waals surface area contributed by atoms with Gasteiger partial charge in [0.15, 0.2) is 0 Å². The maximum atomic E-state index is 2.36. The van der Waals surface area contributed by atoms with Crippen molar-refractivity contribution in [1.29, 1.82) is 0 Å². The van der Waals surface area contributed by atoms with Crippen molar-refractivity contribution in [3.8, 4) is 0 Å². The van der Waals surface area contributed by atoms with E-state index in [1.54, 1.807) is 0 Å². The first kappa shape index (κ1) is 12.4. The molecule has 0 aromatic carbocycles. The lowest BCUT2D eigenvalue weighted by Gasteiger charge is -2.04. The van der Waals surface area contributed by atoms with Gasteiger partial charge in [-0.2, -0.15) is 0 Å². The Bertz CT molecular complexity index is 185. The van der Waals surface area contributed by atoms with Crippen molar-refractivity contribution in [3.63, 3.8) is 0 Å². The molecule has 0 bridgehead atoms. The lowest BCUT2D eigenvalue weighted by Crippen LogP contribution is -3.01. The van der Waals surface area contributed by atoms with E-state index < -0.39 is 0 Å². The maximum Gasteiger partial charge on any atom is 0.102 e. The molecule has 1 aliphatic rings. The van der Waals surface area contributed by atoms with Gasteiger partial charge in [-0.3, -0.25) is 4.90 Å². The van der Waals surface area contributed by atoms with E-state index in [0.717, 1.165) is 0 Å². The van der Waals surface area contributed by atoms with E-state index in [0.29, 0.717) is 0 Å². The molecule has 1 atom stereocenters. The Morgan fingerprint density at radius 1 is 1.23 bits per heavy atom. The van der Waals surface area contributed by atoms with Gasteiger partial charge in [0.2, 0.25) is 0 Å². The summed E-state index contributed by atoms with van der Waals surface area (Å²) in [5, 5.41) is 0. The number of hydrogen-bond acceptors (Lipinski definition) is 0. The van der Waals surface area contributed by atoms with Gasteiger partial charge >= 0.3 is 0 Å². The average molecular weight is 185 g/mol. The summed E-state index contributed by atoms with van der Waals surface area (Å²) < 4.78 is 0. The largest absolute Gasteiger partial charge is 1.00 e. The molecule has 1 unspecified atom stereocenters. The standard InChI is InChI=1S/C11H19N.FH/c1-3-5-8-12-9-7-11(10-12)6-4-2;/h7,9-10H,3-6,8H2,1-2H3;1H. The average Bonchev–Trinajstić information content (AvgIpc) is 2.50. The second-order valence-electron chi connectivity index (χ2n) is 3.48. The highest BCUT2D eigenvalue weighted by Crippen LogP contribution is 2.05. The van der Waals surface area contributed by atoms with E-state index in [4.69, 9.17) is 0 Å². The topological polar surface area (TPSA) is 4.44 Å². The smallest absolute Gasteiger partial charge is 0.102 e. The molecule has 76 valence electrons. The minimum absolute atomic E-state index is 0. The molecule has 2 heteroatoms. The molecular formula is C11H20FN. The van der Waals surface area contributed by atoms with Crippen LogP contribution in [-0.4, -0.2) is 6.54 Å². The zero-order valence-corrected chi connectivity index (χ0v) is 8.65. The third-order valence-electron chi connectivity index (χ3n) is 2.24. The summed E-state index contributed by atoms with van der Waals surface area (Å²) in [5.74, 6) is 0. The molecule has 1 aliphatic heterocycles. The van der Waals surface area contributed by atoms with Crippen LogP contribution in [-0.2, 0) is 0 Å². The molecule has 13 heavy (non-hydrogen) atoms. The number of rotatable bonds is 5. The molecule has 1 rings (SSSR count). The van der Waals surface area contributed by atoms with E-state index in [1.807, 2.05) is 0 Å². The molecule has 0 aromatic heterocycles. The van der Waals surface area contributed by atoms with Crippen LogP contribution in [0.3, 0.4) is 0 Å². The van der Waals surface area contributed by atoms with Crippen molar-refractivity contribution in [2.24, 2.45) is 0 Å². The monoisotopic (exact) mass is 185 g/mol. The van der Waals surface area contributed by atoms with E-state index in [9.17, 15) is 0 Å². The number of nitrogens with one attached hydrogen (secondary N) is 1. The molecule has 1 heterocycles. The van der Waals surface area contributed by atoms with Crippen LogP contribution in [0.15, 0.2) is 24.0 Å². The molecule has 1 N–H and O–H groups in total. The Labute approximate surface area is 80.5 Å². The van der Waals surface area contributed by atoms with Gasteiger partial charge in [-0.05, 0) is 12.8 Å². The van der Waals surface area contributed by atoms with Gasteiger partial charge in [-0.15, -0.1) is 0 Å². The van der Waals surface area contributed by atoms with Crippen LogP contribution in [0.2, 0.25) is 0 Å². The third kappa shape index (κ3) is 4.23. The minimum Gasteiger partial charge on any atom is -1.00 e. The Morgan fingerprint density at radius 3 is 2.62 bits per heavy atom. The summed E-state index contributed by atoms with van der Waals surface area (Å²) in [4.78, 5) is 1.53. The first-order valence-electron chi connectivity index (χ1n) is 5.11. The molecule has 0 spiro atoms. The van der Waals surface area contributed by atoms with Crippen LogP contribution in [0.5, 0.6) is 0 Å². The van der Waals surface area contributed by atoms with Crippen molar-refractivity contribution < 1.29 is 9.60 Å². The van der Waals surface area contributed by atoms with Crippen molar-refractivity contribution in [1.82, 2.24) is 0 Å². The van der Waals surface area contributed by atoms with Gasteiger partial charge in [0.1, 0.15) is 6.20 Å². The zero-order valence-electron chi connectivity index (χ0n) is 8.65. The number of unbranched alkanes of at least 4 members (excludes halogenated alkanes) is 1. The lowest BCUT2D eigenvalue weighted by molar-refractivity contribution is -0.788. The van der Waals surface area contributed by atoms with Crippen LogP contribution >= 0.6 is 0 Å². The van der Waals surface area contributed by atoms with Crippen LogP contribution in [0.25, 0.3) is 0 Å². The fourth-order valence-corrected chi connectivity index (χ4v) is 1.53. The highest BCUT2D eigenvalue weighted by molar-refractivity contribution is 5.17. The summed E-state index contributed by atoms with van der Waals surface area (Å²) in [5.41, 5.74) is 1.52. The van der Waals surface area contributed by atoms with Crippen molar-refractivity contribution in [3.05, 3.63) is 24.0 Å². The van der Waals surface area contributed by atoms with Gasteiger partial charge in [-0.1, -0.05) is 26.7 Å². The highest BCUT2D eigenvalue weighted by atomic mass is 19.0. The summed E-state index contributed by atoms with van der Waals surface area (Å²) in [6.45, 7) is 5.74. The summed E-state index contributed by atoms with van der Waals surface area (Å²) in [7, 11) is 0. The summed E-state index contributed by atoms with van der Waals surface area (Å²) >= 11 is 0. The van der Waals surface area contributed by atoms with E-state index >= 15 is 0 Å². The van der Waals surface area contributed by atoms with Crippen molar-refractivity contribution >= 4 is 0 Å². The number of quaternary nitrogens is 1. The highest BCUT2D eigenvalue weighted by Gasteiger charge is 2.08. The maximum absolute atomic E-state index is 2.36. The predicted molar refractivity (Wildman–Crippen MR) is 52.9 cm³/mol. The molecule has 0 aromatic rings. The van der Waals surface area contributed by atoms with Crippen molar-refractivity contribution in [2.45, 2.75) is 39.5 Å². The molecule has 0 fully saturated rings. The quantitative estimate of drug-likeness (QED) is 0.554. The Balaban J connectivity index is 0.00000144. The molecule has 1 nitrogen and oxygen atoms in total. The first-order valence-corrected chi connectivity index (χ1v) is 5.11. The molecular weight excluding hydrogens is 165 g/mol. The molecule has 0 radical (unpaired) electrons. The van der Waals surface area contributed by atoms with Gasteiger partial charge in [-0.25, -0.2) is 0 Å². The Morgan fingerprint density at radius 2 is 2.00 bits per heavy atom. The molecule has 0 aliphatic carbocycles. The molecule has 0 saturated carbocycles. The van der Waals surface area contributed by atoms with Crippen LogP contribution in [0.4, 0.5) is 0 Å². The number of halogens is 1. The third-order valence-corrected chi connectivity index (χ3v) is 2.24. The SMILES string of the molecule is CCCC[NH+]1C=CC(CCC)=C1.[F-]. The fraction of sp³-hybridized carbons (Fsp3) is 0.636. The molecule has 0 amide bonds. The van der Waals surface area contributed by atoms with Gasteiger partial charge in [0.05, 0.1) is 12.7 Å². The van der Waals surface area contributed by atoms with Gasteiger partial charge in [0, 0.05) is 11.6 Å². The second kappa shape index (κ2) is 6.84. The number of hydrogen-bond donors (Lipinski definition) is 1. The summed E-state index contributed by atoms with van der Waals surface area (Å²) in [6.07, 6.45) is 12.0.